The predicted molar refractivity (Wildman–Crippen MR) is 103 cm³/mol. The van der Waals surface area contributed by atoms with E-state index >= 15 is 0 Å². The van der Waals surface area contributed by atoms with Gasteiger partial charge >= 0.3 is 0 Å². The second-order valence-electron chi connectivity index (χ2n) is 6.47. The summed E-state index contributed by atoms with van der Waals surface area (Å²) in [5.41, 5.74) is 2.43. The van der Waals surface area contributed by atoms with E-state index in [1.165, 1.54) is 11.0 Å². The topological polar surface area (TPSA) is 93.0 Å². The second kappa shape index (κ2) is 7.77. The second-order valence-corrected chi connectivity index (χ2v) is 6.91. The maximum atomic E-state index is 12.6. The molecule has 1 fully saturated rings. The number of anilines is 1. The molecule has 1 aromatic heterocycles. The molecule has 4 rings (SSSR count). The first-order valence-electron chi connectivity index (χ1n) is 8.79. The fourth-order valence-corrected chi connectivity index (χ4v) is 3.29. The Kier molecular flexibility index (Phi) is 5.03. The van der Waals surface area contributed by atoms with Gasteiger partial charge in [0.2, 0.25) is 11.8 Å². The Bertz CT molecular complexity index is 973. The van der Waals surface area contributed by atoms with Crippen molar-refractivity contribution in [1.29, 1.82) is 0 Å². The number of rotatable bonds is 5. The molecule has 28 heavy (non-hydrogen) atoms. The minimum absolute atomic E-state index is 0.107. The van der Waals surface area contributed by atoms with Gasteiger partial charge in [-0.3, -0.25) is 9.59 Å². The van der Waals surface area contributed by atoms with E-state index in [9.17, 15) is 9.59 Å². The summed E-state index contributed by atoms with van der Waals surface area (Å²) in [6.45, 7) is 0.562. The monoisotopic (exact) mass is 396 g/mol. The average molecular weight is 397 g/mol. The van der Waals surface area contributed by atoms with Crippen molar-refractivity contribution in [2.75, 3.05) is 11.4 Å². The number of aromatic nitrogens is 4. The van der Waals surface area contributed by atoms with Crippen molar-refractivity contribution in [3.63, 3.8) is 0 Å². The Balaban J connectivity index is 1.35. The van der Waals surface area contributed by atoms with Gasteiger partial charge in [-0.2, -0.15) is 0 Å². The highest BCUT2D eigenvalue weighted by Crippen LogP contribution is 2.23. The number of hydrogen-bond donors (Lipinski definition) is 1. The lowest BCUT2D eigenvalue weighted by molar-refractivity contribution is -0.126. The van der Waals surface area contributed by atoms with E-state index < -0.39 is 6.04 Å². The van der Waals surface area contributed by atoms with Gasteiger partial charge in [0.05, 0.1) is 12.1 Å². The molecule has 1 N–H and O–H groups in total. The van der Waals surface area contributed by atoms with Gasteiger partial charge in [-0.25, -0.2) is 4.68 Å². The fourth-order valence-electron chi connectivity index (χ4n) is 3.17. The van der Waals surface area contributed by atoms with Gasteiger partial charge in [0.25, 0.3) is 0 Å². The predicted octanol–water partition coefficient (Wildman–Crippen LogP) is 1.78. The van der Waals surface area contributed by atoms with E-state index in [-0.39, 0.29) is 18.2 Å². The summed E-state index contributed by atoms with van der Waals surface area (Å²) in [7, 11) is 0. The fraction of sp³-hybridized carbons (Fsp3) is 0.211. The Labute approximate surface area is 166 Å². The molecule has 9 heteroatoms. The maximum absolute atomic E-state index is 12.6. The SMILES string of the molecule is O=C(Cc1ccc(-n2cnnn2)cc1)NC1CCN(c2ccc(Cl)cc2)C1=O. The minimum Gasteiger partial charge on any atom is -0.344 e. The molecule has 8 nitrogen and oxygen atoms in total. The molecule has 142 valence electrons. The number of hydrogen-bond acceptors (Lipinski definition) is 5. The van der Waals surface area contributed by atoms with Crippen LogP contribution in [0.5, 0.6) is 0 Å². The lowest BCUT2D eigenvalue weighted by Gasteiger charge is -2.17. The number of tetrazole rings is 1. The highest BCUT2D eigenvalue weighted by atomic mass is 35.5. The number of amides is 2. The van der Waals surface area contributed by atoms with Crippen LogP contribution in [-0.2, 0) is 16.0 Å². The molecule has 2 amide bonds. The average Bonchev–Trinajstić information content (AvgIpc) is 3.34. The van der Waals surface area contributed by atoms with Crippen molar-refractivity contribution in [1.82, 2.24) is 25.5 Å². The molecule has 0 saturated carbocycles. The molecule has 1 unspecified atom stereocenters. The summed E-state index contributed by atoms with van der Waals surface area (Å²) in [6.07, 6.45) is 2.27. The summed E-state index contributed by atoms with van der Waals surface area (Å²) in [6, 6.07) is 13.9. The number of benzene rings is 2. The normalized spacial score (nSPS) is 16.4. The van der Waals surface area contributed by atoms with Crippen LogP contribution in [0.15, 0.2) is 54.9 Å². The standard InChI is InChI=1S/C19H17ClN6O2/c20-14-3-7-15(8-4-14)25-10-9-17(19(25)28)22-18(27)11-13-1-5-16(6-2-13)26-12-21-23-24-26/h1-8,12,17H,9-11H2,(H,22,27). The first-order chi connectivity index (χ1) is 13.6. The molecule has 1 atom stereocenters. The zero-order valence-electron chi connectivity index (χ0n) is 14.8. The van der Waals surface area contributed by atoms with Crippen LogP contribution in [0.3, 0.4) is 0 Å². The number of nitrogens with one attached hydrogen (secondary N) is 1. The van der Waals surface area contributed by atoms with Crippen molar-refractivity contribution in [3.05, 3.63) is 65.4 Å². The van der Waals surface area contributed by atoms with Crippen LogP contribution < -0.4 is 10.2 Å². The summed E-state index contributed by atoms with van der Waals surface area (Å²) in [4.78, 5) is 26.7. The summed E-state index contributed by atoms with van der Waals surface area (Å²) in [5, 5.41) is 14.5. The van der Waals surface area contributed by atoms with E-state index in [0.29, 0.717) is 18.0 Å². The van der Waals surface area contributed by atoms with Crippen LogP contribution in [-0.4, -0.2) is 44.6 Å². The number of halogens is 1. The number of carbonyl (C=O) groups is 2. The zero-order chi connectivity index (χ0) is 19.5. The van der Waals surface area contributed by atoms with Crippen LogP contribution in [0.2, 0.25) is 5.02 Å². The molecular weight excluding hydrogens is 380 g/mol. The van der Waals surface area contributed by atoms with Crippen LogP contribution in [0.4, 0.5) is 5.69 Å². The minimum atomic E-state index is -0.510. The molecule has 2 heterocycles. The van der Waals surface area contributed by atoms with Crippen LogP contribution >= 0.6 is 11.6 Å². The van der Waals surface area contributed by atoms with Crippen LogP contribution in [0, 0.1) is 0 Å². The highest BCUT2D eigenvalue weighted by molar-refractivity contribution is 6.30. The maximum Gasteiger partial charge on any atom is 0.249 e. The quantitative estimate of drug-likeness (QED) is 0.709. The third-order valence-corrected chi connectivity index (χ3v) is 4.85. The van der Waals surface area contributed by atoms with E-state index in [4.69, 9.17) is 11.6 Å². The van der Waals surface area contributed by atoms with Crippen molar-refractivity contribution < 1.29 is 9.59 Å². The van der Waals surface area contributed by atoms with E-state index in [2.05, 4.69) is 20.8 Å². The Morgan fingerprint density at radius 1 is 1.11 bits per heavy atom. The molecule has 0 spiro atoms. The van der Waals surface area contributed by atoms with Gasteiger partial charge in [-0.1, -0.05) is 23.7 Å². The lowest BCUT2D eigenvalue weighted by Crippen LogP contribution is -2.42. The summed E-state index contributed by atoms with van der Waals surface area (Å²) >= 11 is 5.90. The van der Waals surface area contributed by atoms with Crippen molar-refractivity contribution in [2.24, 2.45) is 0 Å². The van der Waals surface area contributed by atoms with Gasteiger partial charge in [-0.05, 0) is 58.8 Å². The van der Waals surface area contributed by atoms with Gasteiger partial charge in [0.15, 0.2) is 0 Å². The van der Waals surface area contributed by atoms with Gasteiger partial charge in [0.1, 0.15) is 12.4 Å². The molecule has 1 saturated heterocycles. The molecular formula is C19H17ClN6O2. The lowest BCUT2D eigenvalue weighted by atomic mass is 10.1. The third-order valence-electron chi connectivity index (χ3n) is 4.59. The van der Waals surface area contributed by atoms with Crippen LogP contribution in [0.25, 0.3) is 5.69 Å². The van der Waals surface area contributed by atoms with Crippen molar-refractivity contribution in [2.45, 2.75) is 18.9 Å². The summed E-state index contributed by atoms with van der Waals surface area (Å²) in [5.74, 6) is -0.295. The van der Waals surface area contributed by atoms with Gasteiger partial charge < -0.3 is 10.2 Å². The molecule has 1 aliphatic rings. The zero-order valence-corrected chi connectivity index (χ0v) is 15.6. The van der Waals surface area contributed by atoms with Gasteiger partial charge in [-0.15, -0.1) is 5.10 Å². The van der Waals surface area contributed by atoms with E-state index in [1.54, 1.807) is 29.2 Å². The molecule has 2 aromatic carbocycles. The Hall–Kier alpha value is -3.26. The molecule has 0 bridgehead atoms. The molecule has 3 aromatic rings. The summed E-state index contributed by atoms with van der Waals surface area (Å²) < 4.78 is 1.53. The Morgan fingerprint density at radius 3 is 2.50 bits per heavy atom. The number of carbonyl (C=O) groups excluding carboxylic acids is 2. The Morgan fingerprint density at radius 2 is 1.82 bits per heavy atom. The van der Waals surface area contributed by atoms with Crippen molar-refractivity contribution >= 4 is 29.1 Å². The van der Waals surface area contributed by atoms with Gasteiger partial charge in [0, 0.05) is 17.3 Å². The third kappa shape index (κ3) is 3.86. The smallest absolute Gasteiger partial charge is 0.249 e. The first-order valence-corrected chi connectivity index (χ1v) is 9.16. The number of nitrogens with zero attached hydrogens (tertiary/aromatic N) is 5. The highest BCUT2D eigenvalue weighted by Gasteiger charge is 2.33. The van der Waals surface area contributed by atoms with Crippen molar-refractivity contribution in [3.8, 4) is 5.69 Å². The largest absolute Gasteiger partial charge is 0.344 e. The first kappa shape index (κ1) is 18.1. The molecule has 0 aliphatic carbocycles. The molecule has 1 aliphatic heterocycles. The van der Waals surface area contributed by atoms with E-state index in [0.717, 1.165) is 16.9 Å². The molecule has 0 radical (unpaired) electrons. The van der Waals surface area contributed by atoms with Crippen LogP contribution in [0.1, 0.15) is 12.0 Å². The van der Waals surface area contributed by atoms with E-state index in [1.807, 2.05) is 24.3 Å².